The number of carboxylic acids is 1. The van der Waals surface area contributed by atoms with Gasteiger partial charge < -0.3 is 9.67 Å². The standard InChI is InChI=1S/C22H21FN2O2/c1-13(2)22-18(7-8-21(26)27)19-9-14-11-24-12-15(14)10-20(19)25(22)17-5-3-16(23)4-6-17/h3-6,9-10,12-13H,7-8,11H2,1-2H3,(H,26,27)/i7D2,8D2. The van der Waals surface area contributed by atoms with Gasteiger partial charge in [-0.3, -0.25) is 9.79 Å². The zero-order valence-electron chi connectivity index (χ0n) is 19.0. The van der Waals surface area contributed by atoms with E-state index in [0.717, 1.165) is 11.1 Å². The first kappa shape index (κ1) is 13.3. The van der Waals surface area contributed by atoms with Crippen molar-refractivity contribution in [2.75, 3.05) is 0 Å². The molecule has 0 spiro atoms. The summed E-state index contributed by atoms with van der Waals surface area (Å²) in [5, 5.41) is 9.89. The number of benzene rings is 2. The van der Waals surface area contributed by atoms with Crippen LogP contribution in [-0.4, -0.2) is 21.9 Å². The van der Waals surface area contributed by atoms with Crippen LogP contribution < -0.4 is 0 Å². The fourth-order valence-corrected chi connectivity index (χ4v) is 3.58. The third-order valence-electron chi connectivity index (χ3n) is 4.68. The van der Waals surface area contributed by atoms with E-state index in [1.165, 1.54) is 12.1 Å². The fraction of sp³-hybridized carbons (Fsp3) is 0.273. The van der Waals surface area contributed by atoms with Gasteiger partial charge in [0.15, 0.2) is 0 Å². The fourth-order valence-electron chi connectivity index (χ4n) is 3.58. The highest BCUT2D eigenvalue weighted by molar-refractivity contribution is 5.96. The summed E-state index contributed by atoms with van der Waals surface area (Å²) in [5.74, 6) is -2.58. The first-order valence-electron chi connectivity index (χ1n) is 10.7. The van der Waals surface area contributed by atoms with Gasteiger partial charge in [-0.15, -0.1) is 0 Å². The smallest absolute Gasteiger partial charge is 0.303 e. The number of aliphatic imine (C=N–C) groups is 1. The Morgan fingerprint density at radius 1 is 1.33 bits per heavy atom. The molecule has 0 radical (unpaired) electrons. The van der Waals surface area contributed by atoms with Crippen molar-refractivity contribution in [3.05, 3.63) is 64.6 Å². The van der Waals surface area contributed by atoms with Crippen molar-refractivity contribution >= 4 is 23.1 Å². The molecular formula is C22H21FN2O2. The SMILES string of the molecule is [2H]C([2H])(C(=O)O)C([2H])([2H])c1c(C(C)C)n(-c2ccc(F)cc2)c2cc3c(cc12)CN=C3. The highest BCUT2D eigenvalue weighted by Crippen LogP contribution is 2.37. The van der Waals surface area contributed by atoms with E-state index in [-0.39, 0.29) is 11.5 Å². The van der Waals surface area contributed by atoms with Crippen LogP contribution in [0, 0.1) is 5.82 Å². The average molecular weight is 368 g/mol. The number of hydrogen-bond donors (Lipinski definition) is 1. The van der Waals surface area contributed by atoms with Gasteiger partial charge in [0, 0.05) is 34.8 Å². The van der Waals surface area contributed by atoms with Crippen molar-refractivity contribution in [1.82, 2.24) is 4.57 Å². The second kappa shape index (κ2) is 6.65. The monoisotopic (exact) mass is 368 g/mol. The summed E-state index contributed by atoms with van der Waals surface area (Å²) < 4.78 is 48.7. The number of carboxylic acid groups (broad SMARTS) is 1. The number of aryl methyl sites for hydroxylation is 1. The third kappa shape index (κ3) is 3.03. The van der Waals surface area contributed by atoms with Crippen LogP contribution in [0.4, 0.5) is 4.39 Å². The Kier molecular flexibility index (Phi) is 3.26. The Morgan fingerprint density at radius 3 is 2.74 bits per heavy atom. The molecule has 1 aromatic heterocycles. The molecule has 1 aliphatic rings. The Morgan fingerprint density at radius 2 is 2.07 bits per heavy atom. The van der Waals surface area contributed by atoms with Crippen molar-refractivity contribution in [2.45, 2.75) is 39.1 Å². The van der Waals surface area contributed by atoms with E-state index in [9.17, 15) is 14.3 Å². The minimum atomic E-state index is -3.17. The van der Waals surface area contributed by atoms with E-state index >= 15 is 0 Å². The molecule has 5 heteroatoms. The van der Waals surface area contributed by atoms with E-state index in [1.54, 1.807) is 29.0 Å². The molecule has 1 aliphatic heterocycles. The zero-order chi connectivity index (χ0) is 22.7. The summed E-state index contributed by atoms with van der Waals surface area (Å²) in [5.41, 5.74) is 3.30. The van der Waals surface area contributed by atoms with Crippen LogP contribution in [0.25, 0.3) is 16.6 Å². The molecule has 0 amide bonds. The van der Waals surface area contributed by atoms with E-state index in [2.05, 4.69) is 4.99 Å². The van der Waals surface area contributed by atoms with Crippen LogP contribution in [-0.2, 0) is 17.7 Å². The van der Waals surface area contributed by atoms with Crippen LogP contribution in [0.15, 0.2) is 41.4 Å². The molecule has 0 atom stereocenters. The Hall–Kier alpha value is -2.95. The first-order valence-corrected chi connectivity index (χ1v) is 8.67. The van der Waals surface area contributed by atoms with Crippen LogP contribution >= 0.6 is 0 Å². The van der Waals surface area contributed by atoms with Crippen LogP contribution in [0.5, 0.6) is 0 Å². The molecule has 0 bridgehead atoms. The van der Waals surface area contributed by atoms with Crippen LogP contribution in [0.3, 0.4) is 0 Å². The molecule has 0 saturated heterocycles. The number of fused-ring (bicyclic) bond motifs is 2. The molecule has 27 heavy (non-hydrogen) atoms. The lowest BCUT2D eigenvalue weighted by atomic mass is 9.97. The van der Waals surface area contributed by atoms with Crippen molar-refractivity contribution in [3.63, 3.8) is 0 Å². The van der Waals surface area contributed by atoms with Gasteiger partial charge in [0.25, 0.3) is 0 Å². The summed E-state index contributed by atoms with van der Waals surface area (Å²) in [6.45, 7) is 4.08. The molecule has 3 aromatic rings. The highest BCUT2D eigenvalue weighted by Gasteiger charge is 2.23. The maximum absolute atomic E-state index is 13.6. The summed E-state index contributed by atoms with van der Waals surface area (Å²) in [7, 11) is 0. The summed E-state index contributed by atoms with van der Waals surface area (Å²) in [6.07, 6.45) is -4.29. The van der Waals surface area contributed by atoms with Gasteiger partial charge in [0.1, 0.15) is 5.82 Å². The molecule has 0 saturated carbocycles. The molecule has 1 N–H and O–H groups in total. The predicted octanol–water partition coefficient (Wildman–Crippen LogP) is 4.84. The minimum absolute atomic E-state index is 0.0103. The number of aliphatic carboxylic acids is 1. The maximum Gasteiger partial charge on any atom is 0.303 e. The lowest BCUT2D eigenvalue weighted by Gasteiger charge is -2.15. The van der Waals surface area contributed by atoms with Gasteiger partial charge >= 0.3 is 5.97 Å². The average Bonchev–Trinajstić information content (AvgIpc) is 3.28. The van der Waals surface area contributed by atoms with Crippen molar-refractivity contribution in [1.29, 1.82) is 0 Å². The number of aromatic nitrogens is 1. The van der Waals surface area contributed by atoms with Gasteiger partial charge in [0.05, 0.1) is 12.1 Å². The van der Waals surface area contributed by atoms with E-state index in [4.69, 9.17) is 5.48 Å². The molecule has 4 rings (SSSR count). The molecular weight excluding hydrogens is 343 g/mol. The van der Waals surface area contributed by atoms with Gasteiger partial charge in [-0.25, -0.2) is 4.39 Å². The molecule has 4 nitrogen and oxygen atoms in total. The molecule has 2 aromatic carbocycles. The maximum atomic E-state index is 13.6. The number of carbonyl (C=O) groups is 1. The quantitative estimate of drug-likeness (QED) is 0.700. The van der Waals surface area contributed by atoms with Gasteiger partial charge in [-0.1, -0.05) is 13.8 Å². The van der Waals surface area contributed by atoms with E-state index < -0.39 is 24.5 Å². The van der Waals surface area contributed by atoms with Gasteiger partial charge in [0.2, 0.25) is 0 Å². The third-order valence-corrected chi connectivity index (χ3v) is 4.68. The van der Waals surface area contributed by atoms with Crippen molar-refractivity contribution in [3.8, 4) is 5.69 Å². The Labute approximate surface area is 162 Å². The number of rotatable bonds is 5. The normalized spacial score (nSPS) is 16.1. The Bertz CT molecular complexity index is 1230. The molecule has 0 fully saturated rings. The number of nitrogens with zero attached hydrogens (tertiary/aromatic N) is 2. The second-order valence-corrected chi connectivity index (χ2v) is 6.82. The summed E-state index contributed by atoms with van der Waals surface area (Å²) in [4.78, 5) is 15.9. The van der Waals surface area contributed by atoms with E-state index in [0.29, 0.717) is 28.8 Å². The second-order valence-electron chi connectivity index (χ2n) is 6.82. The Balaban J connectivity index is 2.17. The van der Waals surface area contributed by atoms with Crippen molar-refractivity contribution in [2.24, 2.45) is 4.99 Å². The topological polar surface area (TPSA) is 54.6 Å². The lowest BCUT2D eigenvalue weighted by Crippen LogP contribution is -2.06. The van der Waals surface area contributed by atoms with Crippen LogP contribution in [0.1, 0.15) is 54.0 Å². The number of halogens is 1. The number of hydrogen-bond acceptors (Lipinski definition) is 2. The predicted molar refractivity (Wildman–Crippen MR) is 105 cm³/mol. The van der Waals surface area contributed by atoms with Gasteiger partial charge in [-0.2, -0.15) is 0 Å². The molecule has 138 valence electrons. The first-order chi connectivity index (χ1) is 14.5. The highest BCUT2D eigenvalue weighted by atomic mass is 19.1. The minimum Gasteiger partial charge on any atom is -0.481 e. The summed E-state index contributed by atoms with van der Waals surface area (Å²) >= 11 is 0. The van der Waals surface area contributed by atoms with Crippen LogP contribution in [0.2, 0.25) is 0 Å². The summed E-state index contributed by atoms with van der Waals surface area (Å²) in [6, 6.07) is 9.32. The molecule has 0 aliphatic carbocycles. The van der Waals surface area contributed by atoms with E-state index in [1.807, 2.05) is 19.9 Å². The van der Waals surface area contributed by atoms with Gasteiger partial charge in [-0.05, 0) is 65.4 Å². The largest absolute Gasteiger partial charge is 0.481 e. The zero-order valence-corrected chi connectivity index (χ0v) is 15.0. The molecule has 0 unspecified atom stereocenters. The lowest BCUT2D eigenvalue weighted by molar-refractivity contribution is -0.136. The van der Waals surface area contributed by atoms with Crippen molar-refractivity contribution < 1.29 is 19.8 Å². The molecule has 2 heterocycles.